The summed E-state index contributed by atoms with van der Waals surface area (Å²) >= 11 is 5.45. The quantitative estimate of drug-likeness (QED) is 0.456. The van der Waals surface area contributed by atoms with Crippen molar-refractivity contribution in [2.45, 2.75) is 26.7 Å². The number of rotatable bonds is 6. The number of benzene rings is 2. The molecule has 1 heterocycles. The summed E-state index contributed by atoms with van der Waals surface area (Å²) in [5.41, 5.74) is 3.26. The molecule has 0 radical (unpaired) electrons. The Kier molecular flexibility index (Phi) is 5.73. The number of esters is 1. The van der Waals surface area contributed by atoms with Crippen LogP contribution in [0.3, 0.4) is 0 Å². The number of nitrogens with one attached hydrogen (secondary N) is 2. The molecule has 160 valence electrons. The second-order valence-corrected chi connectivity index (χ2v) is 8.25. The zero-order valence-corrected chi connectivity index (χ0v) is 18.2. The summed E-state index contributed by atoms with van der Waals surface area (Å²) in [5, 5.41) is 2.96. The van der Waals surface area contributed by atoms with Crippen LogP contribution in [0.1, 0.15) is 34.3 Å². The Balaban J connectivity index is 1.59. The Morgan fingerprint density at radius 3 is 2.74 bits per heavy atom. The molecule has 1 fully saturated rings. The summed E-state index contributed by atoms with van der Waals surface area (Å²) in [4.78, 5) is 40.4. The normalized spacial score (nSPS) is 13.2. The van der Waals surface area contributed by atoms with Crippen molar-refractivity contribution in [1.29, 1.82) is 0 Å². The maximum atomic E-state index is 13.2. The molecule has 2 N–H and O–H groups in total. The van der Waals surface area contributed by atoms with Crippen molar-refractivity contribution >= 4 is 35.0 Å². The van der Waals surface area contributed by atoms with E-state index >= 15 is 0 Å². The zero-order chi connectivity index (χ0) is 22.1. The fourth-order valence-corrected chi connectivity index (χ4v) is 3.65. The number of carbonyl (C=O) groups excluding carboxylic acids is 2. The van der Waals surface area contributed by atoms with Gasteiger partial charge in [0.15, 0.2) is 4.77 Å². The van der Waals surface area contributed by atoms with Crippen LogP contribution in [-0.4, -0.2) is 34.6 Å². The number of aromatic nitrogens is 2. The van der Waals surface area contributed by atoms with Crippen LogP contribution in [0.4, 0.5) is 0 Å². The first-order valence-corrected chi connectivity index (χ1v) is 10.6. The molecule has 7 nitrogen and oxygen atoms in total. The lowest BCUT2D eigenvalue weighted by molar-refractivity contribution is -0.142. The molecule has 1 amide bonds. The Morgan fingerprint density at radius 2 is 2.00 bits per heavy atom. The van der Waals surface area contributed by atoms with Crippen LogP contribution in [0.2, 0.25) is 0 Å². The van der Waals surface area contributed by atoms with Gasteiger partial charge in [-0.2, -0.15) is 0 Å². The molecule has 0 unspecified atom stereocenters. The van der Waals surface area contributed by atoms with Gasteiger partial charge in [0, 0.05) is 5.56 Å². The van der Waals surface area contributed by atoms with E-state index in [2.05, 4.69) is 10.3 Å². The second kappa shape index (κ2) is 8.47. The fraction of sp³-hybridized carbons (Fsp3) is 0.304. The molecule has 1 aromatic heterocycles. The van der Waals surface area contributed by atoms with Gasteiger partial charge < -0.3 is 15.0 Å². The Morgan fingerprint density at radius 1 is 1.23 bits per heavy atom. The lowest BCUT2D eigenvalue weighted by Gasteiger charge is -2.13. The summed E-state index contributed by atoms with van der Waals surface area (Å²) < 4.78 is 6.82. The average molecular weight is 438 g/mol. The maximum Gasteiger partial charge on any atom is 0.325 e. The highest BCUT2D eigenvalue weighted by Gasteiger charge is 2.23. The zero-order valence-electron chi connectivity index (χ0n) is 17.4. The second-order valence-electron chi connectivity index (χ2n) is 7.86. The Bertz CT molecular complexity index is 1300. The fourth-order valence-electron chi connectivity index (χ4n) is 3.36. The number of amides is 1. The molecule has 2 aromatic carbocycles. The third kappa shape index (κ3) is 4.44. The summed E-state index contributed by atoms with van der Waals surface area (Å²) in [5.74, 6) is -0.420. The van der Waals surface area contributed by atoms with Crippen molar-refractivity contribution in [1.82, 2.24) is 14.9 Å². The molecule has 0 aliphatic heterocycles. The van der Waals surface area contributed by atoms with Crippen LogP contribution < -0.4 is 10.9 Å². The van der Waals surface area contributed by atoms with Crippen LogP contribution in [-0.2, 0) is 9.53 Å². The molecule has 0 atom stereocenters. The van der Waals surface area contributed by atoms with E-state index in [1.54, 1.807) is 18.2 Å². The van der Waals surface area contributed by atoms with Gasteiger partial charge in [-0.3, -0.25) is 19.0 Å². The van der Waals surface area contributed by atoms with Gasteiger partial charge in [0.2, 0.25) is 0 Å². The van der Waals surface area contributed by atoms with Gasteiger partial charge in [0.05, 0.1) is 23.2 Å². The average Bonchev–Trinajstić information content (AvgIpc) is 3.57. The third-order valence-electron chi connectivity index (χ3n) is 5.55. The molecule has 0 spiro atoms. The molecule has 0 saturated heterocycles. The van der Waals surface area contributed by atoms with E-state index in [9.17, 15) is 14.4 Å². The number of aromatic amines is 1. The minimum atomic E-state index is -0.461. The van der Waals surface area contributed by atoms with Crippen molar-refractivity contribution in [3.05, 3.63) is 68.2 Å². The van der Waals surface area contributed by atoms with Crippen LogP contribution in [0.15, 0.2) is 41.2 Å². The molecular weight excluding hydrogens is 414 g/mol. The minimum Gasteiger partial charge on any atom is -0.464 e. The lowest BCUT2D eigenvalue weighted by Crippen LogP contribution is -2.31. The van der Waals surface area contributed by atoms with Gasteiger partial charge in [-0.15, -0.1) is 0 Å². The van der Waals surface area contributed by atoms with Crippen molar-refractivity contribution in [2.75, 3.05) is 13.2 Å². The summed E-state index contributed by atoms with van der Waals surface area (Å²) in [6.07, 6.45) is 2.17. The van der Waals surface area contributed by atoms with Crippen LogP contribution in [0.25, 0.3) is 16.6 Å². The number of carbonyl (C=O) groups is 2. The summed E-state index contributed by atoms with van der Waals surface area (Å²) in [7, 11) is 0. The highest BCUT2D eigenvalue weighted by molar-refractivity contribution is 7.71. The highest BCUT2D eigenvalue weighted by Crippen LogP contribution is 2.28. The smallest absolute Gasteiger partial charge is 0.325 e. The maximum absolute atomic E-state index is 13.2. The van der Waals surface area contributed by atoms with Gasteiger partial charge in [0.25, 0.3) is 11.5 Å². The number of fused-ring (bicyclic) bond motifs is 1. The van der Waals surface area contributed by atoms with E-state index in [4.69, 9.17) is 17.0 Å². The molecule has 1 aliphatic carbocycles. The predicted octanol–water partition coefficient (Wildman–Crippen LogP) is 3.35. The first kappa shape index (κ1) is 21.0. The highest BCUT2D eigenvalue weighted by atomic mass is 32.1. The summed E-state index contributed by atoms with van der Waals surface area (Å²) in [6.45, 7) is 4.13. The number of ether oxygens (including phenoxy) is 1. The third-order valence-corrected chi connectivity index (χ3v) is 5.83. The van der Waals surface area contributed by atoms with Crippen molar-refractivity contribution in [3.8, 4) is 5.69 Å². The van der Waals surface area contributed by atoms with Gasteiger partial charge in [-0.25, -0.2) is 0 Å². The number of hydrogen-bond acceptors (Lipinski definition) is 5. The van der Waals surface area contributed by atoms with Gasteiger partial charge >= 0.3 is 5.97 Å². The Hall–Kier alpha value is -3.26. The molecular formula is C23H23N3O4S. The monoisotopic (exact) mass is 437 g/mol. The largest absolute Gasteiger partial charge is 0.464 e. The molecule has 3 aromatic rings. The van der Waals surface area contributed by atoms with Gasteiger partial charge in [-0.1, -0.05) is 12.1 Å². The lowest BCUT2D eigenvalue weighted by atomic mass is 10.1. The standard InChI is InChI=1S/C23H23N3O4S/c1-13-4-3-5-19(14(13)2)26-22(29)17-9-8-16(10-18(17)25-23(26)31)21(28)24-11-20(27)30-12-15-6-7-15/h3-5,8-10,15H,6-7,11-12H2,1-2H3,(H,24,28)(H,25,31). The number of H-pyrrole nitrogens is 1. The van der Waals surface area contributed by atoms with Crippen LogP contribution >= 0.6 is 12.2 Å². The molecule has 0 bridgehead atoms. The number of aryl methyl sites for hydroxylation is 1. The number of nitrogens with zero attached hydrogens (tertiary/aromatic N) is 1. The number of hydrogen-bond donors (Lipinski definition) is 2. The van der Waals surface area contributed by atoms with E-state index in [0.717, 1.165) is 29.7 Å². The van der Waals surface area contributed by atoms with Gasteiger partial charge in [-0.05, 0) is 80.2 Å². The molecule has 8 heteroatoms. The van der Waals surface area contributed by atoms with Crippen molar-refractivity contribution in [3.63, 3.8) is 0 Å². The molecule has 1 saturated carbocycles. The van der Waals surface area contributed by atoms with E-state index < -0.39 is 11.9 Å². The van der Waals surface area contributed by atoms with E-state index in [-0.39, 0.29) is 16.9 Å². The molecule has 1 aliphatic rings. The Labute approximate surface area is 184 Å². The van der Waals surface area contributed by atoms with E-state index in [1.165, 1.54) is 4.57 Å². The van der Waals surface area contributed by atoms with Crippen molar-refractivity contribution < 1.29 is 14.3 Å². The first-order chi connectivity index (χ1) is 14.8. The van der Waals surface area contributed by atoms with Crippen LogP contribution in [0, 0.1) is 24.5 Å². The van der Waals surface area contributed by atoms with Crippen LogP contribution in [0.5, 0.6) is 0 Å². The van der Waals surface area contributed by atoms with Gasteiger partial charge in [0.1, 0.15) is 6.54 Å². The SMILES string of the molecule is Cc1cccc(-n2c(=S)[nH]c3cc(C(=O)NCC(=O)OCC4CC4)ccc3c2=O)c1C. The molecule has 31 heavy (non-hydrogen) atoms. The summed E-state index contributed by atoms with van der Waals surface area (Å²) in [6, 6.07) is 10.4. The predicted molar refractivity (Wildman–Crippen MR) is 120 cm³/mol. The topological polar surface area (TPSA) is 93.2 Å². The molecule has 4 rings (SSSR count). The first-order valence-electron chi connectivity index (χ1n) is 10.1. The minimum absolute atomic E-state index is 0.201. The van der Waals surface area contributed by atoms with E-state index in [1.807, 2.05) is 32.0 Å². The van der Waals surface area contributed by atoms with E-state index in [0.29, 0.717) is 29.0 Å². The van der Waals surface area contributed by atoms with Crippen molar-refractivity contribution in [2.24, 2.45) is 5.92 Å².